The number of amides is 1. The fraction of sp³-hybridized carbons (Fsp3) is 0.0909. The summed E-state index contributed by atoms with van der Waals surface area (Å²) < 4.78 is 1.75. The SMILES string of the molecule is CC(NC(=O)/C(C#N)=C/c1c[nH]c2ncccc12)c1ccccc1-n1cccn1. The Morgan fingerprint density at radius 1 is 1.24 bits per heavy atom. The van der Waals surface area contributed by atoms with E-state index in [4.69, 9.17) is 0 Å². The largest absolute Gasteiger partial charge is 0.346 e. The zero-order valence-corrected chi connectivity index (χ0v) is 15.7. The number of pyridine rings is 1. The predicted octanol–water partition coefficient (Wildman–Crippen LogP) is 3.53. The summed E-state index contributed by atoms with van der Waals surface area (Å²) >= 11 is 0. The zero-order chi connectivity index (χ0) is 20.2. The molecule has 1 amide bonds. The van der Waals surface area contributed by atoms with E-state index in [1.54, 1.807) is 29.3 Å². The lowest BCUT2D eigenvalue weighted by molar-refractivity contribution is -0.117. The van der Waals surface area contributed by atoms with Crippen LogP contribution < -0.4 is 5.32 Å². The second kappa shape index (κ2) is 7.82. The maximum atomic E-state index is 12.8. The van der Waals surface area contributed by atoms with E-state index < -0.39 is 5.91 Å². The molecule has 4 aromatic rings. The van der Waals surface area contributed by atoms with Crippen molar-refractivity contribution in [1.82, 2.24) is 25.1 Å². The van der Waals surface area contributed by atoms with E-state index in [0.717, 1.165) is 22.2 Å². The monoisotopic (exact) mass is 382 g/mol. The van der Waals surface area contributed by atoms with Crippen molar-refractivity contribution in [2.24, 2.45) is 0 Å². The highest BCUT2D eigenvalue weighted by atomic mass is 16.1. The summed E-state index contributed by atoms with van der Waals surface area (Å²) in [6, 6.07) is 14.9. The Morgan fingerprint density at radius 3 is 2.90 bits per heavy atom. The van der Waals surface area contributed by atoms with E-state index in [1.165, 1.54) is 0 Å². The van der Waals surface area contributed by atoms with Gasteiger partial charge in [0.15, 0.2) is 0 Å². The number of aromatic amines is 1. The van der Waals surface area contributed by atoms with Gasteiger partial charge < -0.3 is 10.3 Å². The molecule has 0 bridgehead atoms. The first-order valence-electron chi connectivity index (χ1n) is 9.11. The van der Waals surface area contributed by atoms with Crippen LogP contribution in [0.15, 0.2) is 72.8 Å². The van der Waals surface area contributed by atoms with Crippen molar-refractivity contribution in [3.63, 3.8) is 0 Å². The molecule has 29 heavy (non-hydrogen) atoms. The molecule has 0 aliphatic heterocycles. The molecule has 1 atom stereocenters. The van der Waals surface area contributed by atoms with Gasteiger partial charge in [0.1, 0.15) is 17.3 Å². The molecule has 0 radical (unpaired) electrons. The molecule has 7 nitrogen and oxygen atoms in total. The summed E-state index contributed by atoms with van der Waals surface area (Å²) in [5.74, 6) is -0.437. The van der Waals surface area contributed by atoms with Gasteiger partial charge in [-0.3, -0.25) is 4.79 Å². The van der Waals surface area contributed by atoms with Crippen molar-refractivity contribution < 1.29 is 4.79 Å². The van der Waals surface area contributed by atoms with E-state index in [2.05, 4.69) is 20.4 Å². The Balaban J connectivity index is 1.59. The zero-order valence-electron chi connectivity index (χ0n) is 15.7. The molecule has 0 aliphatic carbocycles. The van der Waals surface area contributed by atoms with E-state index >= 15 is 0 Å². The van der Waals surface area contributed by atoms with E-state index in [-0.39, 0.29) is 11.6 Å². The highest BCUT2D eigenvalue weighted by Crippen LogP contribution is 2.22. The Bertz CT molecular complexity index is 1230. The number of benzene rings is 1. The first-order chi connectivity index (χ1) is 14.2. The van der Waals surface area contributed by atoms with E-state index in [9.17, 15) is 10.1 Å². The number of rotatable bonds is 5. The highest BCUT2D eigenvalue weighted by molar-refractivity contribution is 6.03. The molecule has 1 aromatic carbocycles. The van der Waals surface area contributed by atoms with Crippen LogP contribution in [0.5, 0.6) is 0 Å². The van der Waals surface area contributed by atoms with Crippen molar-refractivity contribution >= 4 is 23.0 Å². The fourth-order valence-corrected chi connectivity index (χ4v) is 3.23. The van der Waals surface area contributed by atoms with Gasteiger partial charge in [0.2, 0.25) is 0 Å². The van der Waals surface area contributed by atoms with Crippen LogP contribution in [0.2, 0.25) is 0 Å². The lowest BCUT2D eigenvalue weighted by Crippen LogP contribution is -2.28. The minimum atomic E-state index is -0.437. The molecule has 4 rings (SSSR count). The van der Waals surface area contributed by atoms with Gasteiger partial charge >= 0.3 is 0 Å². The van der Waals surface area contributed by atoms with Crippen LogP contribution in [0.4, 0.5) is 0 Å². The predicted molar refractivity (Wildman–Crippen MR) is 110 cm³/mol. The number of H-pyrrole nitrogens is 1. The molecule has 7 heteroatoms. The standard InChI is InChI=1S/C22H18N6O/c1-15(18-6-2-3-8-20(18)28-11-5-10-26-28)27-22(29)16(13-23)12-17-14-25-21-19(17)7-4-9-24-21/h2-12,14-15H,1H3,(H,24,25)(H,27,29)/b16-12+. The van der Waals surface area contributed by atoms with Gasteiger partial charge in [-0.15, -0.1) is 0 Å². The van der Waals surface area contributed by atoms with Gasteiger partial charge in [-0.05, 0) is 42.8 Å². The van der Waals surface area contributed by atoms with Crippen LogP contribution in [0, 0.1) is 11.3 Å². The Kier molecular flexibility index (Phi) is 4.91. The summed E-state index contributed by atoms with van der Waals surface area (Å²) in [5.41, 5.74) is 3.24. The lowest BCUT2D eigenvalue weighted by Gasteiger charge is -2.17. The van der Waals surface area contributed by atoms with Crippen LogP contribution in [-0.4, -0.2) is 25.7 Å². The third-order valence-electron chi connectivity index (χ3n) is 4.65. The number of hydrogen-bond acceptors (Lipinski definition) is 4. The summed E-state index contributed by atoms with van der Waals surface area (Å²) in [6.45, 7) is 1.88. The molecule has 3 heterocycles. The second-order valence-corrected chi connectivity index (χ2v) is 6.52. The van der Waals surface area contributed by atoms with Crippen LogP contribution in [0.25, 0.3) is 22.8 Å². The number of hydrogen-bond donors (Lipinski definition) is 2. The molecule has 0 aliphatic rings. The first kappa shape index (κ1) is 18.2. The lowest BCUT2D eigenvalue weighted by atomic mass is 10.0. The third-order valence-corrected chi connectivity index (χ3v) is 4.65. The molecular formula is C22H18N6O. The van der Waals surface area contributed by atoms with Crippen molar-refractivity contribution in [1.29, 1.82) is 5.26 Å². The topological polar surface area (TPSA) is 99.4 Å². The fourth-order valence-electron chi connectivity index (χ4n) is 3.23. The molecular weight excluding hydrogens is 364 g/mol. The molecule has 0 saturated carbocycles. The van der Waals surface area contributed by atoms with Crippen LogP contribution >= 0.6 is 0 Å². The number of nitrogens with zero attached hydrogens (tertiary/aromatic N) is 4. The molecule has 142 valence electrons. The van der Waals surface area contributed by atoms with Gasteiger partial charge in [-0.25, -0.2) is 9.67 Å². The quantitative estimate of drug-likeness (QED) is 0.407. The molecule has 1 unspecified atom stereocenters. The van der Waals surface area contributed by atoms with Crippen LogP contribution in [-0.2, 0) is 4.79 Å². The van der Waals surface area contributed by atoms with Crippen molar-refractivity contribution in [3.05, 3.63) is 84.0 Å². The Hall–Kier alpha value is -4.18. The molecule has 2 N–H and O–H groups in total. The van der Waals surface area contributed by atoms with Gasteiger partial charge in [0, 0.05) is 35.7 Å². The van der Waals surface area contributed by atoms with Crippen LogP contribution in [0.3, 0.4) is 0 Å². The van der Waals surface area contributed by atoms with E-state index in [0.29, 0.717) is 5.65 Å². The Morgan fingerprint density at radius 2 is 2.10 bits per heavy atom. The molecule has 0 spiro atoms. The van der Waals surface area contributed by atoms with Gasteiger partial charge in [-0.1, -0.05) is 18.2 Å². The minimum absolute atomic E-state index is 0.0261. The smallest absolute Gasteiger partial charge is 0.262 e. The van der Waals surface area contributed by atoms with Crippen LogP contribution in [0.1, 0.15) is 24.1 Å². The third kappa shape index (κ3) is 3.64. The maximum absolute atomic E-state index is 12.8. The summed E-state index contributed by atoms with van der Waals surface area (Å²) in [6.07, 6.45) is 8.54. The number of nitriles is 1. The maximum Gasteiger partial charge on any atom is 0.262 e. The second-order valence-electron chi connectivity index (χ2n) is 6.52. The molecule has 0 saturated heterocycles. The summed E-state index contributed by atoms with van der Waals surface area (Å²) in [7, 11) is 0. The number of nitrogens with one attached hydrogen (secondary N) is 2. The highest BCUT2D eigenvalue weighted by Gasteiger charge is 2.17. The van der Waals surface area contributed by atoms with E-state index in [1.807, 2.05) is 61.7 Å². The molecule has 3 aromatic heterocycles. The normalized spacial score (nSPS) is 12.5. The number of para-hydroxylation sites is 1. The van der Waals surface area contributed by atoms with Gasteiger partial charge in [0.05, 0.1) is 11.7 Å². The number of carbonyl (C=O) groups is 1. The van der Waals surface area contributed by atoms with Crippen molar-refractivity contribution in [2.75, 3.05) is 0 Å². The minimum Gasteiger partial charge on any atom is -0.346 e. The van der Waals surface area contributed by atoms with Crippen molar-refractivity contribution in [2.45, 2.75) is 13.0 Å². The average molecular weight is 382 g/mol. The molecule has 0 fully saturated rings. The number of aromatic nitrogens is 4. The Labute approximate surface area is 167 Å². The summed E-state index contributed by atoms with van der Waals surface area (Å²) in [5, 5.41) is 17.6. The van der Waals surface area contributed by atoms with Crippen molar-refractivity contribution in [3.8, 4) is 11.8 Å². The average Bonchev–Trinajstić information content (AvgIpc) is 3.42. The summed E-state index contributed by atoms with van der Waals surface area (Å²) in [4.78, 5) is 20.0. The first-order valence-corrected chi connectivity index (χ1v) is 9.11. The number of fused-ring (bicyclic) bond motifs is 1. The van der Waals surface area contributed by atoms with Gasteiger partial charge in [0.25, 0.3) is 5.91 Å². The number of carbonyl (C=O) groups excluding carboxylic acids is 1. The van der Waals surface area contributed by atoms with Gasteiger partial charge in [-0.2, -0.15) is 10.4 Å².